The van der Waals surface area contributed by atoms with Crippen molar-refractivity contribution < 1.29 is 17.9 Å². The maximum absolute atomic E-state index is 12.2. The molecule has 0 atom stereocenters. The van der Waals surface area contributed by atoms with E-state index >= 15 is 0 Å². The van der Waals surface area contributed by atoms with Crippen molar-refractivity contribution in [1.29, 1.82) is 0 Å². The number of hydrogen-bond acceptors (Lipinski definition) is 4. The SMILES string of the molecule is O=C(COc1ccccc1)NCCS(=O)(=O)N1CCCCCC1. The van der Waals surface area contributed by atoms with Gasteiger partial charge in [-0.1, -0.05) is 31.0 Å². The Bertz CT molecular complexity index is 581. The lowest BCUT2D eigenvalue weighted by Gasteiger charge is -2.19. The third-order valence-corrected chi connectivity index (χ3v) is 5.63. The molecule has 23 heavy (non-hydrogen) atoms. The summed E-state index contributed by atoms with van der Waals surface area (Å²) in [5.74, 6) is 0.226. The molecule has 0 unspecified atom stereocenters. The van der Waals surface area contributed by atoms with E-state index in [9.17, 15) is 13.2 Å². The van der Waals surface area contributed by atoms with Crippen LogP contribution < -0.4 is 10.1 Å². The molecule has 1 N–H and O–H groups in total. The second-order valence-electron chi connectivity index (χ2n) is 5.58. The van der Waals surface area contributed by atoms with Crippen LogP contribution in [0.15, 0.2) is 30.3 Å². The number of para-hydroxylation sites is 1. The van der Waals surface area contributed by atoms with Crippen LogP contribution in [0.4, 0.5) is 0 Å². The van der Waals surface area contributed by atoms with Crippen LogP contribution in [0.2, 0.25) is 0 Å². The molecule has 1 aromatic carbocycles. The molecule has 0 aromatic heterocycles. The Kier molecular flexibility index (Phi) is 6.85. The number of hydrogen-bond donors (Lipinski definition) is 1. The van der Waals surface area contributed by atoms with Crippen LogP contribution in [0.25, 0.3) is 0 Å². The minimum absolute atomic E-state index is 0.0654. The zero-order chi connectivity index (χ0) is 16.5. The smallest absolute Gasteiger partial charge is 0.257 e. The van der Waals surface area contributed by atoms with Crippen LogP contribution in [-0.4, -0.2) is 50.6 Å². The molecule has 1 aliphatic heterocycles. The van der Waals surface area contributed by atoms with Crippen LogP contribution in [0.5, 0.6) is 5.75 Å². The quantitative estimate of drug-likeness (QED) is 0.814. The standard InChI is InChI=1S/C16H24N2O4S/c19-16(14-22-15-8-4-3-5-9-15)17-10-13-23(20,21)18-11-6-1-2-7-12-18/h3-5,8-9H,1-2,6-7,10-14H2,(H,17,19). The molecule has 2 rings (SSSR count). The van der Waals surface area contributed by atoms with Crippen LogP contribution >= 0.6 is 0 Å². The molecule has 0 spiro atoms. The number of nitrogens with zero attached hydrogens (tertiary/aromatic N) is 1. The van der Waals surface area contributed by atoms with Gasteiger partial charge in [0.1, 0.15) is 5.75 Å². The molecular weight excluding hydrogens is 316 g/mol. The van der Waals surface area contributed by atoms with Gasteiger partial charge in [-0.15, -0.1) is 0 Å². The second kappa shape index (κ2) is 8.88. The fourth-order valence-electron chi connectivity index (χ4n) is 2.48. The van der Waals surface area contributed by atoms with Crippen molar-refractivity contribution in [2.45, 2.75) is 25.7 Å². The Labute approximate surface area is 137 Å². The predicted octanol–water partition coefficient (Wildman–Crippen LogP) is 1.39. The Balaban J connectivity index is 1.69. The average molecular weight is 340 g/mol. The topological polar surface area (TPSA) is 75.7 Å². The summed E-state index contributed by atoms with van der Waals surface area (Å²) in [6.07, 6.45) is 3.99. The molecule has 0 radical (unpaired) electrons. The van der Waals surface area contributed by atoms with Crippen LogP contribution in [0.1, 0.15) is 25.7 Å². The first-order valence-electron chi connectivity index (χ1n) is 8.00. The van der Waals surface area contributed by atoms with Crippen molar-refractivity contribution in [3.8, 4) is 5.75 Å². The van der Waals surface area contributed by atoms with Crippen molar-refractivity contribution >= 4 is 15.9 Å². The predicted molar refractivity (Wildman–Crippen MR) is 88.8 cm³/mol. The highest BCUT2D eigenvalue weighted by atomic mass is 32.2. The summed E-state index contributed by atoms with van der Waals surface area (Å²) < 4.78 is 31.3. The number of ether oxygens (including phenoxy) is 1. The van der Waals surface area contributed by atoms with Gasteiger partial charge >= 0.3 is 0 Å². The number of rotatable bonds is 7. The fraction of sp³-hybridized carbons (Fsp3) is 0.562. The molecule has 0 saturated carbocycles. The van der Waals surface area contributed by atoms with E-state index in [4.69, 9.17) is 4.74 Å². The third kappa shape index (κ3) is 6.19. The van der Waals surface area contributed by atoms with Gasteiger partial charge in [0, 0.05) is 19.6 Å². The second-order valence-corrected chi connectivity index (χ2v) is 7.67. The molecule has 128 valence electrons. The summed E-state index contributed by atoms with van der Waals surface area (Å²) in [6, 6.07) is 9.02. The van der Waals surface area contributed by atoms with Gasteiger partial charge in [0.15, 0.2) is 6.61 Å². The van der Waals surface area contributed by atoms with Crippen molar-refractivity contribution in [1.82, 2.24) is 9.62 Å². The molecule has 1 heterocycles. The summed E-state index contributed by atoms with van der Waals surface area (Å²) in [4.78, 5) is 11.7. The van der Waals surface area contributed by atoms with Crippen molar-refractivity contribution in [3.05, 3.63) is 30.3 Å². The normalized spacial score (nSPS) is 16.5. The minimum Gasteiger partial charge on any atom is -0.484 e. The maximum Gasteiger partial charge on any atom is 0.257 e. The highest BCUT2D eigenvalue weighted by Crippen LogP contribution is 2.13. The van der Waals surface area contributed by atoms with Gasteiger partial charge in [0.25, 0.3) is 5.91 Å². The van der Waals surface area contributed by atoms with E-state index in [1.165, 1.54) is 0 Å². The van der Waals surface area contributed by atoms with E-state index in [1.54, 1.807) is 16.4 Å². The number of carbonyl (C=O) groups is 1. The summed E-state index contributed by atoms with van der Waals surface area (Å²) in [6.45, 7) is 1.17. The Morgan fingerprint density at radius 1 is 1.09 bits per heavy atom. The molecule has 0 bridgehead atoms. The third-order valence-electron chi connectivity index (χ3n) is 3.75. The first-order chi connectivity index (χ1) is 11.1. The molecule has 7 heteroatoms. The monoisotopic (exact) mass is 340 g/mol. The summed E-state index contributed by atoms with van der Waals surface area (Å²) in [5.41, 5.74) is 0. The molecule has 1 aromatic rings. The fourth-order valence-corrected chi connectivity index (χ4v) is 3.92. The van der Waals surface area contributed by atoms with E-state index in [0.29, 0.717) is 18.8 Å². The molecule has 1 aliphatic rings. The zero-order valence-corrected chi connectivity index (χ0v) is 14.1. The molecule has 0 aliphatic carbocycles. The Hall–Kier alpha value is -1.60. The van der Waals surface area contributed by atoms with Crippen molar-refractivity contribution in [2.75, 3.05) is 32.0 Å². The number of benzene rings is 1. The molecule has 1 saturated heterocycles. The number of sulfonamides is 1. The molecular formula is C16H24N2O4S. The summed E-state index contributed by atoms with van der Waals surface area (Å²) >= 11 is 0. The van der Waals surface area contributed by atoms with Gasteiger partial charge in [0.2, 0.25) is 10.0 Å². The molecule has 1 amide bonds. The Morgan fingerprint density at radius 2 is 1.74 bits per heavy atom. The van der Waals surface area contributed by atoms with Crippen LogP contribution in [0, 0.1) is 0 Å². The highest BCUT2D eigenvalue weighted by Gasteiger charge is 2.22. The van der Waals surface area contributed by atoms with Crippen LogP contribution in [0.3, 0.4) is 0 Å². The minimum atomic E-state index is -3.29. The van der Waals surface area contributed by atoms with E-state index in [-0.39, 0.29) is 24.8 Å². The van der Waals surface area contributed by atoms with E-state index in [0.717, 1.165) is 25.7 Å². The number of carbonyl (C=O) groups excluding carboxylic acids is 1. The number of nitrogens with one attached hydrogen (secondary N) is 1. The lowest BCUT2D eigenvalue weighted by atomic mass is 10.2. The van der Waals surface area contributed by atoms with Crippen LogP contribution in [-0.2, 0) is 14.8 Å². The first kappa shape index (κ1) is 17.7. The van der Waals surface area contributed by atoms with Gasteiger partial charge in [-0.3, -0.25) is 4.79 Å². The first-order valence-corrected chi connectivity index (χ1v) is 9.61. The summed E-state index contributed by atoms with van der Waals surface area (Å²) in [7, 11) is -3.29. The van der Waals surface area contributed by atoms with E-state index in [1.807, 2.05) is 18.2 Å². The van der Waals surface area contributed by atoms with Gasteiger partial charge in [0.05, 0.1) is 5.75 Å². The largest absolute Gasteiger partial charge is 0.484 e. The highest BCUT2D eigenvalue weighted by molar-refractivity contribution is 7.89. The lowest BCUT2D eigenvalue weighted by molar-refractivity contribution is -0.122. The van der Waals surface area contributed by atoms with Gasteiger partial charge in [-0.2, -0.15) is 0 Å². The average Bonchev–Trinajstić information content (AvgIpc) is 2.84. The van der Waals surface area contributed by atoms with Gasteiger partial charge in [-0.05, 0) is 25.0 Å². The van der Waals surface area contributed by atoms with Gasteiger partial charge in [-0.25, -0.2) is 12.7 Å². The Morgan fingerprint density at radius 3 is 2.39 bits per heavy atom. The molecule has 1 fully saturated rings. The molecule has 6 nitrogen and oxygen atoms in total. The lowest BCUT2D eigenvalue weighted by Crippen LogP contribution is -2.39. The van der Waals surface area contributed by atoms with Crippen molar-refractivity contribution in [2.24, 2.45) is 0 Å². The number of amides is 1. The van der Waals surface area contributed by atoms with E-state index < -0.39 is 10.0 Å². The van der Waals surface area contributed by atoms with Crippen molar-refractivity contribution in [3.63, 3.8) is 0 Å². The van der Waals surface area contributed by atoms with E-state index in [2.05, 4.69) is 5.32 Å². The van der Waals surface area contributed by atoms with Gasteiger partial charge < -0.3 is 10.1 Å². The maximum atomic E-state index is 12.2. The summed E-state index contributed by atoms with van der Waals surface area (Å²) in [5, 5.41) is 2.59. The zero-order valence-electron chi connectivity index (χ0n) is 13.2.